The summed E-state index contributed by atoms with van der Waals surface area (Å²) in [5, 5.41) is 4.19. The van der Waals surface area contributed by atoms with E-state index >= 15 is 0 Å². The number of hydrogen-bond acceptors (Lipinski definition) is 7. The van der Waals surface area contributed by atoms with E-state index in [0.717, 1.165) is 36.7 Å². The van der Waals surface area contributed by atoms with Crippen LogP contribution >= 0.6 is 11.5 Å². The molecule has 0 N–H and O–H groups in total. The van der Waals surface area contributed by atoms with E-state index in [0.29, 0.717) is 23.7 Å². The average molecular weight is 408 g/mol. The molecule has 29 heavy (non-hydrogen) atoms. The van der Waals surface area contributed by atoms with Crippen molar-refractivity contribution < 1.29 is 14.3 Å². The fraction of sp³-hybridized carbons (Fsp3) is 0.286. The summed E-state index contributed by atoms with van der Waals surface area (Å²) in [6.45, 7) is 4.15. The van der Waals surface area contributed by atoms with Crippen LogP contribution in [0, 0.1) is 0 Å². The van der Waals surface area contributed by atoms with E-state index in [1.165, 1.54) is 17.1 Å². The van der Waals surface area contributed by atoms with Gasteiger partial charge in [0, 0.05) is 38.3 Å². The molecule has 148 valence electrons. The molecule has 0 bridgehead atoms. The molecule has 0 saturated carbocycles. The molecule has 1 amide bonds. The predicted molar refractivity (Wildman–Crippen MR) is 109 cm³/mol. The molecule has 3 heterocycles. The lowest BCUT2D eigenvalue weighted by Gasteiger charge is -2.34. The lowest BCUT2D eigenvalue weighted by molar-refractivity contribution is 0.0633. The molecule has 0 spiro atoms. The van der Waals surface area contributed by atoms with E-state index in [9.17, 15) is 4.79 Å². The van der Waals surface area contributed by atoms with Crippen molar-refractivity contribution in [2.75, 3.05) is 33.0 Å². The predicted octanol–water partition coefficient (Wildman–Crippen LogP) is 2.89. The largest absolute Gasteiger partial charge is 0.454 e. The molecule has 5 rings (SSSR count). The third-order valence-electron chi connectivity index (χ3n) is 5.23. The lowest BCUT2D eigenvalue weighted by atomic mass is 10.1. The van der Waals surface area contributed by atoms with Gasteiger partial charge in [0.1, 0.15) is 10.6 Å². The molecule has 0 radical (unpaired) electrons. The highest BCUT2D eigenvalue weighted by Crippen LogP contribution is 2.33. The van der Waals surface area contributed by atoms with Gasteiger partial charge in [-0.3, -0.25) is 9.69 Å². The van der Waals surface area contributed by atoms with Crippen molar-refractivity contribution in [2.24, 2.45) is 0 Å². The summed E-state index contributed by atoms with van der Waals surface area (Å²) in [5.41, 5.74) is 2.78. The summed E-state index contributed by atoms with van der Waals surface area (Å²) < 4.78 is 14.9. The Bertz CT molecular complexity index is 1020. The number of piperazine rings is 1. The molecule has 8 heteroatoms. The second-order valence-electron chi connectivity index (χ2n) is 7.07. The number of rotatable bonds is 4. The zero-order valence-corrected chi connectivity index (χ0v) is 16.6. The van der Waals surface area contributed by atoms with Crippen LogP contribution in [0.1, 0.15) is 15.2 Å². The molecular weight excluding hydrogens is 388 g/mol. The van der Waals surface area contributed by atoms with Crippen LogP contribution in [0.5, 0.6) is 11.5 Å². The molecule has 2 aliphatic heterocycles. The van der Waals surface area contributed by atoms with Crippen molar-refractivity contribution in [3.63, 3.8) is 0 Å². The Kier molecular flexibility index (Phi) is 4.87. The molecule has 7 nitrogen and oxygen atoms in total. The summed E-state index contributed by atoms with van der Waals surface area (Å²) in [7, 11) is 0. The molecule has 2 aliphatic rings. The van der Waals surface area contributed by atoms with Crippen molar-refractivity contribution >= 4 is 17.4 Å². The first-order valence-corrected chi connectivity index (χ1v) is 10.3. The van der Waals surface area contributed by atoms with Gasteiger partial charge in [-0.05, 0) is 29.2 Å². The second kappa shape index (κ2) is 7.81. The van der Waals surface area contributed by atoms with Crippen LogP contribution in [-0.2, 0) is 6.54 Å². The van der Waals surface area contributed by atoms with E-state index < -0.39 is 0 Å². The smallest absolute Gasteiger partial charge is 0.267 e. The minimum Gasteiger partial charge on any atom is -0.454 e. The van der Waals surface area contributed by atoms with Crippen LogP contribution in [0.4, 0.5) is 0 Å². The summed E-state index contributed by atoms with van der Waals surface area (Å²) >= 11 is 1.17. The fourth-order valence-electron chi connectivity index (χ4n) is 3.67. The van der Waals surface area contributed by atoms with Gasteiger partial charge < -0.3 is 14.4 Å². The minimum absolute atomic E-state index is 0.0154. The zero-order valence-electron chi connectivity index (χ0n) is 15.8. The van der Waals surface area contributed by atoms with E-state index in [-0.39, 0.29) is 12.7 Å². The average Bonchev–Trinajstić information content (AvgIpc) is 3.44. The van der Waals surface area contributed by atoms with E-state index in [1.807, 2.05) is 47.4 Å². The number of aromatic nitrogens is 2. The van der Waals surface area contributed by atoms with Crippen molar-refractivity contribution in [3.05, 3.63) is 59.0 Å². The standard InChI is InChI=1S/C21H20N4O3S/c26-21(20-19(22-23-29-20)16-4-2-1-3-5-16)25-10-8-24(9-11-25)13-15-6-7-17-18(12-15)28-14-27-17/h1-7,12H,8-11,13-14H2. The SMILES string of the molecule is O=C(c1snnc1-c1ccccc1)N1CCN(Cc2ccc3c(c2)OCO3)CC1. The number of amides is 1. The summed E-state index contributed by atoms with van der Waals surface area (Å²) in [6, 6.07) is 15.8. The number of fused-ring (bicyclic) bond motifs is 1. The molecule has 0 aliphatic carbocycles. The number of nitrogens with zero attached hydrogens (tertiary/aromatic N) is 4. The molecular formula is C21H20N4O3S. The Labute approximate surface area is 172 Å². The maximum absolute atomic E-state index is 13.1. The normalized spacial score (nSPS) is 16.2. The Balaban J connectivity index is 1.22. The molecule has 1 aromatic heterocycles. The quantitative estimate of drug-likeness (QED) is 0.661. The van der Waals surface area contributed by atoms with Gasteiger partial charge in [-0.1, -0.05) is 40.9 Å². The highest BCUT2D eigenvalue weighted by atomic mass is 32.1. The highest BCUT2D eigenvalue weighted by molar-refractivity contribution is 7.08. The summed E-state index contributed by atoms with van der Waals surface area (Å²) in [5.74, 6) is 1.63. The van der Waals surface area contributed by atoms with Crippen LogP contribution < -0.4 is 9.47 Å². The Hall–Kier alpha value is -2.97. The van der Waals surface area contributed by atoms with Gasteiger partial charge >= 0.3 is 0 Å². The zero-order chi connectivity index (χ0) is 19.6. The highest BCUT2D eigenvalue weighted by Gasteiger charge is 2.27. The Morgan fingerprint density at radius 1 is 1.00 bits per heavy atom. The second-order valence-corrected chi connectivity index (χ2v) is 7.83. The first-order valence-electron chi connectivity index (χ1n) is 9.56. The summed E-state index contributed by atoms with van der Waals surface area (Å²) in [6.07, 6.45) is 0. The van der Waals surface area contributed by atoms with Crippen LogP contribution in [0.25, 0.3) is 11.3 Å². The topological polar surface area (TPSA) is 67.8 Å². The van der Waals surface area contributed by atoms with Gasteiger partial charge in [0.15, 0.2) is 11.5 Å². The van der Waals surface area contributed by atoms with Crippen molar-refractivity contribution in [2.45, 2.75) is 6.54 Å². The number of carbonyl (C=O) groups is 1. The monoisotopic (exact) mass is 408 g/mol. The number of ether oxygens (including phenoxy) is 2. The van der Waals surface area contributed by atoms with Crippen LogP contribution in [0.15, 0.2) is 48.5 Å². The number of hydrogen-bond donors (Lipinski definition) is 0. The first kappa shape index (κ1) is 18.1. The van der Waals surface area contributed by atoms with Gasteiger partial charge in [0.2, 0.25) is 6.79 Å². The van der Waals surface area contributed by atoms with E-state index in [2.05, 4.69) is 20.6 Å². The van der Waals surface area contributed by atoms with Crippen LogP contribution in [0.3, 0.4) is 0 Å². The van der Waals surface area contributed by atoms with Crippen LogP contribution in [-0.4, -0.2) is 58.3 Å². The maximum atomic E-state index is 13.1. The van der Waals surface area contributed by atoms with Crippen molar-refractivity contribution in [1.82, 2.24) is 19.4 Å². The maximum Gasteiger partial charge on any atom is 0.267 e. The van der Waals surface area contributed by atoms with Gasteiger partial charge in [0.05, 0.1) is 0 Å². The van der Waals surface area contributed by atoms with Crippen molar-refractivity contribution in [3.8, 4) is 22.8 Å². The third-order valence-corrected chi connectivity index (χ3v) is 5.95. The van der Waals surface area contributed by atoms with Gasteiger partial charge in [-0.2, -0.15) is 0 Å². The summed E-state index contributed by atoms with van der Waals surface area (Å²) in [4.78, 5) is 17.9. The Morgan fingerprint density at radius 3 is 2.62 bits per heavy atom. The number of benzene rings is 2. The minimum atomic E-state index is 0.0154. The third kappa shape index (κ3) is 3.68. The van der Waals surface area contributed by atoms with Crippen LogP contribution in [0.2, 0.25) is 0 Å². The van der Waals surface area contributed by atoms with Crippen molar-refractivity contribution in [1.29, 1.82) is 0 Å². The fourth-order valence-corrected chi connectivity index (χ4v) is 4.32. The molecule has 1 saturated heterocycles. The van der Waals surface area contributed by atoms with Gasteiger partial charge in [-0.15, -0.1) is 5.10 Å². The molecule has 3 aromatic rings. The lowest BCUT2D eigenvalue weighted by Crippen LogP contribution is -2.48. The van der Waals surface area contributed by atoms with E-state index in [1.54, 1.807) is 0 Å². The van der Waals surface area contributed by atoms with Gasteiger partial charge in [0.25, 0.3) is 5.91 Å². The Morgan fingerprint density at radius 2 is 1.79 bits per heavy atom. The number of carbonyl (C=O) groups excluding carboxylic acids is 1. The van der Waals surface area contributed by atoms with Gasteiger partial charge in [-0.25, -0.2) is 0 Å². The molecule has 0 unspecified atom stereocenters. The van der Waals surface area contributed by atoms with E-state index in [4.69, 9.17) is 9.47 Å². The molecule has 0 atom stereocenters. The molecule has 2 aromatic carbocycles. The molecule has 1 fully saturated rings. The first-order chi connectivity index (χ1) is 14.3.